The first-order valence-corrected chi connectivity index (χ1v) is 6.84. The molecule has 1 fully saturated rings. The highest BCUT2D eigenvalue weighted by Crippen LogP contribution is 2.21. The van der Waals surface area contributed by atoms with Crippen LogP contribution in [-0.4, -0.2) is 48.2 Å². The van der Waals surface area contributed by atoms with Crippen LogP contribution >= 0.6 is 0 Å². The van der Waals surface area contributed by atoms with Crippen molar-refractivity contribution in [3.63, 3.8) is 0 Å². The van der Waals surface area contributed by atoms with E-state index in [-0.39, 0.29) is 5.91 Å². The van der Waals surface area contributed by atoms with Gasteiger partial charge in [-0.2, -0.15) is 0 Å². The molecule has 0 radical (unpaired) electrons. The van der Waals surface area contributed by atoms with Gasteiger partial charge in [0, 0.05) is 30.2 Å². The van der Waals surface area contributed by atoms with E-state index in [1.54, 1.807) is 11.8 Å². The number of morpholine rings is 1. The van der Waals surface area contributed by atoms with Crippen LogP contribution in [0.4, 0.5) is 0 Å². The Kier molecular flexibility index (Phi) is 3.60. The summed E-state index contributed by atoms with van der Waals surface area (Å²) in [4.78, 5) is 17.2. The maximum atomic E-state index is 12.3. The number of aromatic nitrogens is 1. The van der Waals surface area contributed by atoms with Gasteiger partial charge in [0.05, 0.1) is 13.2 Å². The number of nitrogens with one attached hydrogen (secondary N) is 1. The minimum Gasteiger partial charge on any atom is -0.481 e. The van der Waals surface area contributed by atoms with Crippen molar-refractivity contribution in [1.29, 1.82) is 0 Å². The first-order valence-electron chi connectivity index (χ1n) is 6.84. The highest BCUT2D eigenvalue weighted by Gasteiger charge is 2.23. The molecule has 5 heteroatoms. The van der Waals surface area contributed by atoms with Gasteiger partial charge in [-0.3, -0.25) is 4.79 Å². The summed E-state index contributed by atoms with van der Waals surface area (Å²) in [7, 11) is 0. The minimum absolute atomic E-state index is 0.0162. The van der Waals surface area contributed by atoms with Crippen molar-refractivity contribution in [3.8, 4) is 5.75 Å². The number of nitrogens with zero attached hydrogens (tertiary/aromatic N) is 1. The topological polar surface area (TPSA) is 54.6 Å². The van der Waals surface area contributed by atoms with Gasteiger partial charge in [0.2, 0.25) is 0 Å². The van der Waals surface area contributed by atoms with Gasteiger partial charge >= 0.3 is 0 Å². The molecular weight excluding hydrogens is 256 g/mol. The van der Waals surface area contributed by atoms with Gasteiger partial charge in [-0.05, 0) is 31.2 Å². The molecule has 1 N–H and O–H groups in total. The van der Waals surface area contributed by atoms with Crippen LogP contribution in [0.2, 0.25) is 0 Å². The van der Waals surface area contributed by atoms with Crippen molar-refractivity contribution < 1.29 is 14.3 Å². The predicted octanol–water partition coefficient (Wildman–Crippen LogP) is 1.79. The lowest BCUT2D eigenvalue weighted by Gasteiger charge is -2.29. The van der Waals surface area contributed by atoms with Crippen LogP contribution in [0, 0.1) is 0 Å². The average Bonchev–Trinajstić information content (AvgIpc) is 2.95. The highest BCUT2D eigenvalue weighted by molar-refractivity contribution is 5.82. The molecular formula is C15H18N2O3. The van der Waals surface area contributed by atoms with Gasteiger partial charge in [0.25, 0.3) is 5.91 Å². The third kappa shape index (κ3) is 2.63. The van der Waals surface area contributed by atoms with E-state index in [1.165, 1.54) is 0 Å². The maximum Gasteiger partial charge on any atom is 0.263 e. The van der Waals surface area contributed by atoms with Crippen molar-refractivity contribution in [2.45, 2.75) is 13.0 Å². The SMILES string of the molecule is CC(Oc1ccc2[nH]ccc2c1)C(=O)N1CCOCC1. The molecule has 0 saturated carbocycles. The number of benzene rings is 1. The number of rotatable bonds is 3. The van der Waals surface area contributed by atoms with Crippen LogP contribution in [-0.2, 0) is 9.53 Å². The van der Waals surface area contributed by atoms with Crippen molar-refractivity contribution in [1.82, 2.24) is 9.88 Å². The van der Waals surface area contributed by atoms with E-state index in [2.05, 4.69) is 4.98 Å². The van der Waals surface area contributed by atoms with Crippen LogP contribution in [0.5, 0.6) is 5.75 Å². The molecule has 1 aromatic heterocycles. The summed E-state index contributed by atoms with van der Waals surface area (Å²) in [6.07, 6.45) is 1.40. The number of fused-ring (bicyclic) bond motifs is 1. The Morgan fingerprint density at radius 3 is 2.95 bits per heavy atom. The third-order valence-electron chi connectivity index (χ3n) is 3.51. The van der Waals surface area contributed by atoms with E-state index in [0.29, 0.717) is 32.1 Å². The first-order chi connectivity index (χ1) is 9.74. The number of amides is 1. The fraction of sp³-hybridized carbons (Fsp3) is 0.400. The molecule has 1 aromatic carbocycles. The molecule has 0 spiro atoms. The number of carbonyl (C=O) groups is 1. The molecule has 106 valence electrons. The Balaban J connectivity index is 1.67. The van der Waals surface area contributed by atoms with Gasteiger partial charge in [0.15, 0.2) is 6.10 Å². The van der Waals surface area contributed by atoms with Crippen molar-refractivity contribution >= 4 is 16.8 Å². The Hall–Kier alpha value is -2.01. The summed E-state index contributed by atoms with van der Waals surface area (Å²) in [5, 5.41) is 1.08. The van der Waals surface area contributed by atoms with Gasteiger partial charge in [-0.25, -0.2) is 0 Å². The third-order valence-corrected chi connectivity index (χ3v) is 3.51. The molecule has 1 saturated heterocycles. The first kappa shape index (κ1) is 13.0. The molecule has 1 aliphatic rings. The van der Waals surface area contributed by atoms with E-state index >= 15 is 0 Å². The lowest BCUT2D eigenvalue weighted by Crippen LogP contribution is -2.46. The Morgan fingerprint density at radius 2 is 2.15 bits per heavy atom. The van der Waals surface area contributed by atoms with Crippen molar-refractivity contribution in [2.24, 2.45) is 0 Å². The van der Waals surface area contributed by atoms with Gasteiger partial charge in [-0.15, -0.1) is 0 Å². The number of H-pyrrole nitrogens is 1. The Labute approximate surface area is 117 Å². The normalized spacial score (nSPS) is 17.1. The molecule has 5 nitrogen and oxygen atoms in total. The monoisotopic (exact) mass is 274 g/mol. The van der Waals surface area contributed by atoms with Crippen molar-refractivity contribution in [2.75, 3.05) is 26.3 Å². The second-order valence-electron chi connectivity index (χ2n) is 4.92. The molecule has 1 amide bonds. The second kappa shape index (κ2) is 5.54. The summed E-state index contributed by atoms with van der Waals surface area (Å²) in [6.45, 7) is 4.29. The largest absolute Gasteiger partial charge is 0.481 e. The Bertz CT molecular complexity index is 602. The molecule has 3 rings (SSSR count). The fourth-order valence-corrected chi connectivity index (χ4v) is 2.40. The minimum atomic E-state index is -0.482. The summed E-state index contributed by atoms with van der Waals surface area (Å²) < 4.78 is 11.0. The lowest BCUT2D eigenvalue weighted by atomic mass is 10.2. The zero-order valence-electron chi connectivity index (χ0n) is 11.5. The molecule has 2 heterocycles. The van der Waals surface area contributed by atoms with E-state index in [1.807, 2.05) is 30.5 Å². The lowest BCUT2D eigenvalue weighted by molar-refractivity contribution is -0.142. The van der Waals surface area contributed by atoms with Gasteiger partial charge < -0.3 is 19.4 Å². The van der Waals surface area contributed by atoms with Crippen LogP contribution in [0.1, 0.15) is 6.92 Å². The number of ether oxygens (including phenoxy) is 2. The number of aromatic amines is 1. The highest BCUT2D eigenvalue weighted by atomic mass is 16.5. The van der Waals surface area contributed by atoms with Gasteiger partial charge in [-0.1, -0.05) is 0 Å². The number of carbonyl (C=O) groups excluding carboxylic acids is 1. The van der Waals surface area contributed by atoms with Crippen LogP contribution in [0.15, 0.2) is 30.5 Å². The summed E-state index contributed by atoms with van der Waals surface area (Å²) in [5.74, 6) is 0.730. The average molecular weight is 274 g/mol. The molecule has 2 aromatic rings. The molecule has 20 heavy (non-hydrogen) atoms. The molecule has 1 atom stereocenters. The van der Waals surface area contributed by atoms with E-state index in [9.17, 15) is 4.79 Å². The van der Waals surface area contributed by atoms with Crippen molar-refractivity contribution in [3.05, 3.63) is 30.5 Å². The van der Waals surface area contributed by atoms with E-state index in [0.717, 1.165) is 10.9 Å². The number of hydrogen-bond acceptors (Lipinski definition) is 3. The smallest absolute Gasteiger partial charge is 0.263 e. The van der Waals surface area contributed by atoms with Crippen LogP contribution in [0.3, 0.4) is 0 Å². The molecule has 1 aliphatic heterocycles. The zero-order chi connectivity index (χ0) is 13.9. The standard InChI is InChI=1S/C15H18N2O3/c1-11(15(18)17-6-8-19-9-7-17)20-13-2-3-14-12(10-13)4-5-16-14/h2-5,10-11,16H,6-9H2,1H3. The van der Waals surface area contributed by atoms with Crippen LogP contribution in [0.25, 0.3) is 10.9 Å². The fourth-order valence-electron chi connectivity index (χ4n) is 2.40. The predicted molar refractivity (Wildman–Crippen MR) is 75.8 cm³/mol. The van der Waals surface area contributed by atoms with E-state index in [4.69, 9.17) is 9.47 Å². The summed E-state index contributed by atoms with van der Waals surface area (Å²) >= 11 is 0. The molecule has 0 bridgehead atoms. The van der Waals surface area contributed by atoms with E-state index < -0.39 is 6.10 Å². The molecule has 1 unspecified atom stereocenters. The van der Waals surface area contributed by atoms with Crippen LogP contribution < -0.4 is 4.74 Å². The quantitative estimate of drug-likeness (QED) is 0.928. The maximum absolute atomic E-state index is 12.3. The Morgan fingerprint density at radius 1 is 1.35 bits per heavy atom. The zero-order valence-corrected chi connectivity index (χ0v) is 11.5. The number of hydrogen-bond donors (Lipinski definition) is 1. The summed E-state index contributed by atoms with van der Waals surface area (Å²) in [6, 6.07) is 7.75. The molecule has 0 aliphatic carbocycles. The van der Waals surface area contributed by atoms with Gasteiger partial charge in [0.1, 0.15) is 5.75 Å². The second-order valence-corrected chi connectivity index (χ2v) is 4.92. The summed E-state index contributed by atoms with van der Waals surface area (Å²) in [5.41, 5.74) is 1.06.